The van der Waals surface area contributed by atoms with Gasteiger partial charge in [-0.05, 0) is 42.5 Å². The van der Waals surface area contributed by atoms with Crippen LogP contribution < -0.4 is 10.2 Å². The molecule has 0 radical (unpaired) electrons. The van der Waals surface area contributed by atoms with Gasteiger partial charge in [0.25, 0.3) is 0 Å². The highest BCUT2D eigenvalue weighted by Crippen LogP contribution is 2.19. The summed E-state index contributed by atoms with van der Waals surface area (Å²) in [5, 5.41) is 3.67. The number of halogens is 1. The van der Waals surface area contributed by atoms with Gasteiger partial charge in [-0.25, -0.2) is 0 Å². The standard InChI is InChI=1S/C19H22ClN3O2/c20-16-3-5-17(6-4-16)23-13-11-22(12-14-23)10-9-21-19(24)8-7-18-2-1-15-25-18/h1-8,15H,9-14H2,(H,21,24)/b8-7+. The first-order valence-corrected chi connectivity index (χ1v) is 8.81. The van der Waals surface area contributed by atoms with E-state index < -0.39 is 0 Å². The number of furan rings is 1. The zero-order valence-corrected chi connectivity index (χ0v) is 14.8. The van der Waals surface area contributed by atoms with Crippen LogP contribution in [0.25, 0.3) is 6.08 Å². The van der Waals surface area contributed by atoms with Gasteiger partial charge >= 0.3 is 0 Å². The molecule has 1 aromatic heterocycles. The van der Waals surface area contributed by atoms with Gasteiger partial charge in [0, 0.05) is 56.1 Å². The summed E-state index contributed by atoms with van der Waals surface area (Å²) in [6.45, 7) is 5.43. The summed E-state index contributed by atoms with van der Waals surface area (Å²) in [5.74, 6) is 0.574. The van der Waals surface area contributed by atoms with Gasteiger partial charge in [-0.15, -0.1) is 0 Å². The SMILES string of the molecule is O=C(/C=C/c1ccco1)NCCN1CCN(c2ccc(Cl)cc2)CC1. The zero-order chi connectivity index (χ0) is 17.5. The average molecular weight is 360 g/mol. The molecule has 1 aliphatic heterocycles. The van der Waals surface area contributed by atoms with E-state index in [-0.39, 0.29) is 5.91 Å². The largest absolute Gasteiger partial charge is 0.465 e. The zero-order valence-electron chi connectivity index (χ0n) is 14.0. The molecule has 1 N–H and O–H groups in total. The molecule has 5 nitrogen and oxygen atoms in total. The van der Waals surface area contributed by atoms with Crippen molar-refractivity contribution in [2.45, 2.75) is 0 Å². The highest BCUT2D eigenvalue weighted by Gasteiger charge is 2.16. The van der Waals surface area contributed by atoms with E-state index in [4.69, 9.17) is 16.0 Å². The second kappa shape index (κ2) is 8.74. The van der Waals surface area contributed by atoms with Crippen molar-refractivity contribution in [3.63, 3.8) is 0 Å². The lowest BCUT2D eigenvalue weighted by Gasteiger charge is -2.36. The molecule has 2 heterocycles. The highest BCUT2D eigenvalue weighted by atomic mass is 35.5. The van der Waals surface area contributed by atoms with Crippen molar-refractivity contribution >= 4 is 29.3 Å². The molecule has 25 heavy (non-hydrogen) atoms. The van der Waals surface area contributed by atoms with Gasteiger partial charge in [-0.2, -0.15) is 0 Å². The Kier molecular flexibility index (Phi) is 6.14. The molecule has 1 amide bonds. The van der Waals surface area contributed by atoms with Gasteiger partial charge in [-0.1, -0.05) is 11.6 Å². The predicted octanol–water partition coefficient (Wildman–Crippen LogP) is 2.88. The fourth-order valence-corrected chi connectivity index (χ4v) is 2.95. The number of anilines is 1. The maximum Gasteiger partial charge on any atom is 0.244 e. The summed E-state index contributed by atoms with van der Waals surface area (Å²) in [4.78, 5) is 16.5. The minimum atomic E-state index is -0.101. The van der Waals surface area contributed by atoms with E-state index in [0.29, 0.717) is 12.3 Å². The Bertz CT molecular complexity index is 690. The molecule has 6 heteroatoms. The summed E-state index contributed by atoms with van der Waals surface area (Å²) < 4.78 is 5.15. The van der Waals surface area contributed by atoms with Crippen molar-refractivity contribution in [1.29, 1.82) is 0 Å². The number of nitrogens with one attached hydrogen (secondary N) is 1. The average Bonchev–Trinajstić information content (AvgIpc) is 3.15. The first-order valence-electron chi connectivity index (χ1n) is 8.43. The van der Waals surface area contributed by atoms with Crippen LogP contribution >= 0.6 is 11.6 Å². The van der Waals surface area contributed by atoms with Crippen LogP contribution in [0.4, 0.5) is 5.69 Å². The number of amides is 1. The molecule has 1 fully saturated rings. The Labute approximate surface area is 152 Å². The van der Waals surface area contributed by atoms with Crippen LogP contribution in [0.2, 0.25) is 5.02 Å². The van der Waals surface area contributed by atoms with E-state index in [1.807, 2.05) is 18.2 Å². The minimum Gasteiger partial charge on any atom is -0.465 e. The van der Waals surface area contributed by atoms with E-state index in [9.17, 15) is 4.79 Å². The van der Waals surface area contributed by atoms with E-state index in [0.717, 1.165) is 37.7 Å². The Hall–Kier alpha value is -2.24. The Balaban J connectivity index is 1.35. The summed E-state index contributed by atoms with van der Waals surface area (Å²) in [5.41, 5.74) is 1.21. The number of rotatable bonds is 6. The molecule has 0 aliphatic carbocycles. The summed E-state index contributed by atoms with van der Waals surface area (Å²) in [7, 11) is 0. The van der Waals surface area contributed by atoms with Crippen LogP contribution in [0, 0.1) is 0 Å². The Morgan fingerprint density at radius 1 is 1.16 bits per heavy atom. The van der Waals surface area contributed by atoms with Crippen molar-refractivity contribution in [2.24, 2.45) is 0 Å². The first kappa shape index (κ1) is 17.6. The summed E-state index contributed by atoms with van der Waals surface area (Å²) in [6.07, 6.45) is 4.75. The third-order valence-electron chi connectivity index (χ3n) is 4.23. The number of hydrogen-bond acceptors (Lipinski definition) is 4. The molecule has 0 saturated carbocycles. The lowest BCUT2D eigenvalue weighted by atomic mass is 10.2. The van der Waals surface area contributed by atoms with Gasteiger partial charge in [0.05, 0.1) is 6.26 Å². The molecule has 0 atom stereocenters. The third kappa shape index (κ3) is 5.37. The Morgan fingerprint density at radius 2 is 1.92 bits per heavy atom. The smallest absolute Gasteiger partial charge is 0.244 e. The lowest BCUT2D eigenvalue weighted by Crippen LogP contribution is -2.48. The molecule has 1 aliphatic rings. The van der Waals surface area contributed by atoms with Gasteiger partial charge in [0.1, 0.15) is 5.76 Å². The van der Waals surface area contributed by atoms with Crippen molar-refractivity contribution in [3.05, 3.63) is 59.5 Å². The Morgan fingerprint density at radius 3 is 2.60 bits per heavy atom. The van der Waals surface area contributed by atoms with Crippen LogP contribution in [0.3, 0.4) is 0 Å². The predicted molar refractivity (Wildman–Crippen MR) is 101 cm³/mol. The lowest BCUT2D eigenvalue weighted by molar-refractivity contribution is -0.116. The third-order valence-corrected chi connectivity index (χ3v) is 4.49. The second-order valence-corrected chi connectivity index (χ2v) is 6.38. The van der Waals surface area contributed by atoms with Gasteiger partial charge in [0.15, 0.2) is 0 Å². The molecular weight excluding hydrogens is 338 g/mol. The number of benzene rings is 1. The molecule has 2 aromatic rings. The molecule has 1 aromatic carbocycles. The molecule has 132 valence electrons. The minimum absolute atomic E-state index is 0.101. The molecule has 3 rings (SSSR count). The van der Waals surface area contributed by atoms with Crippen molar-refractivity contribution < 1.29 is 9.21 Å². The van der Waals surface area contributed by atoms with Crippen LogP contribution in [0.15, 0.2) is 53.2 Å². The van der Waals surface area contributed by atoms with Gasteiger partial charge in [-0.3, -0.25) is 9.69 Å². The summed E-state index contributed by atoms with van der Waals surface area (Å²) >= 11 is 5.94. The van der Waals surface area contributed by atoms with Gasteiger partial charge in [0.2, 0.25) is 5.91 Å². The van der Waals surface area contributed by atoms with Crippen LogP contribution in [-0.4, -0.2) is 50.1 Å². The van der Waals surface area contributed by atoms with Crippen molar-refractivity contribution in [2.75, 3.05) is 44.2 Å². The second-order valence-electron chi connectivity index (χ2n) is 5.94. The van der Waals surface area contributed by atoms with Crippen LogP contribution in [0.1, 0.15) is 5.76 Å². The first-order chi connectivity index (χ1) is 12.2. The fourth-order valence-electron chi connectivity index (χ4n) is 2.82. The fraction of sp³-hybridized carbons (Fsp3) is 0.316. The quantitative estimate of drug-likeness (QED) is 0.806. The maximum atomic E-state index is 11.8. The maximum absolute atomic E-state index is 11.8. The number of hydrogen-bond donors (Lipinski definition) is 1. The molecule has 0 bridgehead atoms. The number of carbonyl (C=O) groups excluding carboxylic acids is 1. The van der Waals surface area contributed by atoms with E-state index >= 15 is 0 Å². The molecular formula is C19H22ClN3O2. The monoisotopic (exact) mass is 359 g/mol. The van der Waals surface area contributed by atoms with E-state index in [2.05, 4.69) is 27.2 Å². The molecule has 0 unspecified atom stereocenters. The summed E-state index contributed by atoms with van der Waals surface area (Å²) in [6, 6.07) is 11.6. The normalized spacial score (nSPS) is 15.6. The number of carbonyl (C=O) groups is 1. The van der Waals surface area contributed by atoms with Crippen LogP contribution in [-0.2, 0) is 4.79 Å². The number of nitrogens with zero attached hydrogens (tertiary/aromatic N) is 2. The van der Waals surface area contributed by atoms with E-state index in [1.165, 1.54) is 11.8 Å². The van der Waals surface area contributed by atoms with Crippen molar-refractivity contribution in [1.82, 2.24) is 10.2 Å². The van der Waals surface area contributed by atoms with Crippen molar-refractivity contribution in [3.8, 4) is 0 Å². The molecule has 1 saturated heterocycles. The van der Waals surface area contributed by atoms with Gasteiger partial charge < -0.3 is 14.6 Å². The number of piperazine rings is 1. The topological polar surface area (TPSA) is 48.7 Å². The highest BCUT2D eigenvalue weighted by molar-refractivity contribution is 6.30. The molecule has 0 spiro atoms. The van der Waals surface area contributed by atoms with Crippen LogP contribution in [0.5, 0.6) is 0 Å². The van der Waals surface area contributed by atoms with E-state index in [1.54, 1.807) is 18.4 Å².